The first-order valence-electron chi connectivity index (χ1n) is 8.36. The van der Waals surface area contributed by atoms with Gasteiger partial charge in [-0.1, -0.05) is 46.8 Å². The minimum absolute atomic E-state index is 0.0118. The average molecular weight is 323 g/mol. The highest BCUT2D eigenvalue weighted by Crippen LogP contribution is 2.31. The number of hydrogen-bond donors (Lipinski definition) is 0. The van der Waals surface area contributed by atoms with Crippen LogP contribution in [0.25, 0.3) is 16.7 Å². The summed E-state index contributed by atoms with van der Waals surface area (Å²) in [5.41, 5.74) is 3.90. The van der Waals surface area contributed by atoms with Gasteiger partial charge in [-0.25, -0.2) is 9.67 Å². The first-order chi connectivity index (χ1) is 11.3. The summed E-state index contributed by atoms with van der Waals surface area (Å²) in [6.45, 7) is 10.8. The van der Waals surface area contributed by atoms with Crippen molar-refractivity contribution in [2.45, 2.75) is 46.0 Å². The Morgan fingerprint density at radius 3 is 2.38 bits per heavy atom. The molecule has 24 heavy (non-hydrogen) atoms. The molecule has 0 aliphatic rings. The number of hydrogen-bond acceptors (Lipinski definition) is 3. The molecule has 0 saturated carbocycles. The molecular weight excluding hydrogens is 298 g/mol. The molecule has 0 aliphatic heterocycles. The van der Waals surface area contributed by atoms with Crippen molar-refractivity contribution in [2.24, 2.45) is 0 Å². The molecule has 0 saturated heterocycles. The maximum atomic E-state index is 5.53. The lowest BCUT2D eigenvalue weighted by Gasteiger charge is -2.18. The first-order valence-corrected chi connectivity index (χ1v) is 8.36. The van der Waals surface area contributed by atoms with Crippen LogP contribution in [0.15, 0.2) is 36.4 Å². The first kappa shape index (κ1) is 16.5. The normalized spacial score (nSPS) is 12.1. The van der Waals surface area contributed by atoms with E-state index < -0.39 is 0 Å². The van der Waals surface area contributed by atoms with Gasteiger partial charge >= 0.3 is 0 Å². The molecule has 0 unspecified atom stereocenters. The van der Waals surface area contributed by atoms with Gasteiger partial charge in [0.1, 0.15) is 11.4 Å². The molecule has 3 aromatic rings. The molecule has 0 spiro atoms. The highest BCUT2D eigenvalue weighted by molar-refractivity contribution is 5.81. The molecule has 0 radical (unpaired) electrons. The number of rotatable bonds is 3. The maximum absolute atomic E-state index is 5.53. The molecule has 4 nitrogen and oxygen atoms in total. The van der Waals surface area contributed by atoms with E-state index in [0.717, 1.165) is 33.9 Å². The van der Waals surface area contributed by atoms with Gasteiger partial charge in [0, 0.05) is 16.5 Å². The summed E-state index contributed by atoms with van der Waals surface area (Å²) in [7, 11) is 1.68. The average Bonchev–Trinajstić information content (AvgIpc) is 2.92. The summed E-state index contributed by atoms with van der Waals surface area (Å²) in [6.07, 6.45) is 0. The Bertz CT molecular complexity index is 872. The van der Waals surface area contributed by atoms with Gasteiger partial charge in [-0.3, -0.25) is 0 Å². The Morgan fingerprint density at radius 1 is 1.04 bits per heavy atom. The molecule has 0 amide bonds. The van der Waals surface area contributed by atoms with E-state index in [1.54, 1.807) is 7.11 Å². The fourth-order valence-electron chi connectivity index (χ4n) is 2.84. The van der Waals surface area contributed by atoms with Gasteiger partial charge in [0.05, 0.1) is 12.8 Å². The topological polar surface area (TPSA) is 39.9 Å². The molecule has 2 heterocycles. The van der Waals surface area contributed by atoms with Crippen molar-refractivity contribution in [3.8, 4) is 11.4 Å². The number of para-hydroxylation sites is 2. The highest BCUT2D eigenvalue weighted by atomic mass is 16.5. The van der Waals surface area contributed by atoms with E-state index in [4.69, 9.17) is 14.8 Å². The molecular formula is C20H25N3O. The van der Waals surface area contributed by atoms with Crippen molar-refractivity contribution in [1.82, 2.24) is 14.8 Å². The van der Waals surface area contributed by atoms with E-state index in [0.29, 0.717) is 5.92 Å². The lowest BCUT2D eigenvalue weighted by Crippen LogP contribution is -2.14. The quantitative estimate of drug-likeness (QED) is 0.691. The van der Waals surface area contributed by atoms with E-state index >= 15 is 0 Å². The van der Waals surface area contributed by atoms with E-state index in [1.807, 2.05) is 28.9 Å². The van der Waals surface area contributed by atoms with Gasteiger partial charge in [-0.05, 0) is 30.2 Å². The lowest BCUT2D eigenvalue weighted by atomic mass is 9.91. The highest BCUT2D eigenvalue weighted by Gasteiger charge is 2.21. The summed E-state index contributed by atoms with van der Waals surface area (Å²) in [5.74, 6) is 1.12. The van der Waals surface area contributed by atoms with Gasteiger partial charge in [0.15, 0.2) is 5.65 Å². The minimum Gasteiger partial charge on any atom is -0.494 e. The Labute approximate surface area is 143 Å². The zero-order chi connectivity index (χ0) is 17.5. The largest absolute Gasteiger partial charge is 0.494 e. The van der Waals surface area contributed by atoms with Crippen molar-refractivity contribution >= 4 is 11.0 Å². The van der Waals surface area contributed by atoms with E-state index in [2.05, 4.69) is 46.8 Å². The number of ether oxygens (including phenoxy) is 1. The number of fused-ring (bicyclic) bond motifs is 1. The SMILES string of the molecule is COc1ccccc1-n1nc(C(C)C)c2ccc(C(C)(C)C)nc21. The zero-order valence-electron chi connectivity index (χ0n) is 15.3. The predicted octanol–water partition coefficient (Wildman–Crippen LogP) is 4.85. The van der Waals surface area contributed by atoms with Crippen LogP contribution in [0.2, 0.25) is 0 Å². The van der Waals surface area contributed by atoms with Crippen LogP contribution in [0, 0.1) is 0 Å². The van der Waals surface area contributed by atoms with Crippen molar-refractivity contribution in [3.05, 3.63) is 47.8 Å². The Balaban J connectivity index is 2.34. The van der Waals surface area contributed by atoms with Crippen LogP contribution in [-0.4, -0.2) is 21.9 Å². The molecule has 0 N–H and O–H groups in total. The monoisotopic (exact) mass is 323 g/mol. The number of aromatic nitrogens is 3. The third-order valence-electron chi connectivity index (χ3n) is 4.19. The number of methoxy groups -OCH3 is 1. The van der Waals surface area contributed by atoms with Crippen LogP contribution < -0.4 is 4.74 Å². The van der Waals surface area contributed by atoms with Crippen molar-refractivity contribution in [3.63, 3.8) is 0 Å². The standard InChI is InChI=1S/C20H25N3O/c1-13(2)18-14-11-12-17(20(3,4)5)21-19(14)23(22-18)15-9-7-8-10-16(15)24-6/h7-13H,1-6H3. The van der Waals surface area contributed by atoms with Crippen LogP contribution in [0.3, 0.4) is 0 Å². The summed E-state index contributed by atoms with van der Waals surface area (Å²) in [5, 5.41) is 5.97. The molecule has 1 aromatic carbocycles. The van der Waals surface area contributed by atoms with Gasteiger partial charge in [-0.2, -0.15) is 5.10 Å². The maximum Gasteiger partial charge on any atom is 0.163 e. The molecule has 126 valence electrons. The van der Waals surface area contributed by atoms with Gasteiger partial charge in [0.2, 0.25) is 0 Å². The Morgan fingerprint density at radius 2 is 1.75 bits per heavy atom. The third kappa shape index (κ3) is 2.77. The van der Waals surface area contributed by atoms with E-state index in [-0.39, 0.29) is 5.41 Å². The summed E-state index contributed by atoms with van der Waals surface area (Å²) >= 11 is 0. The Kier molecular flexibility index (Phi) is 4.08. The molecule has 0 bridgehead atoms. The van der Waals surface area contributed by atoms with Crippen LogP contribution in [-0.2, 0) is 5.41 Å². The molecule has 0 fully saturated rings. The second-order valence-corrected chi connectivity index (χ2v) is 7.44. The molecule has 3 rings (SSSR count). The molecule has 0 atom stereocenters. The van der Waals surface area contributed by atoms with Gasteiger partial charge in [-0.15, -0.1) is 0 Å². The van der Waals surface area contributed by atoms with E-state index in [1.165, 1.54) is 0 Å². The van der Waals surface area contributed by atoms with Crippen LogP contribution in [0.1, 0.15) is 51.9 Å². The van der Waals surface area contributed by atoms with Crippen molar-refractivity contribution in [1.29, 1.82) is 0 Å². The van der Waals surface area contributed by atoms with Gasteiger partial charge in [0.25, 0.3) is 0 Å². The fraction of sp³-hybridized carbons (Fsp3) is 0.400. The molecule has 4 heteroatoms. The molecule has 0 aliphatic carbocycles. The summed E-state index contributed by atoms with van der Waals surface area (Å²) in [4.78, 5) is 4.95. The van der Waals surface area contributed by atoms with E-state index in [9.17, 15) is 0 Å². The Hall–Kier alpha value is -2.36. The smallest absolute Gasteiger partial charge is 0.163 e. The second kappa shape index (κ2) is 5.93. The van der Waals surface area contributed by atoms with Gasteiger partial charge < -0.3 is 4.74 Å². The van der Waals surface area contributed by atoms with Crippen molar-refractivity contribution in [2.75, 3.05) is 7.11 Å². The van der Waals surface area contributed by atoms with Crippen LogP contribution in [0.5, 0.6) is 5.75 Å². The van der Waals surface area contributed by atoms with Crippen molar-refractivity contribution < 1.29 is 4.74 Å². The fourth-order valence-corrected chi connectivity index (χ4v) is 2.84. The number of benzene rings is 1. The van der Waals surface area contributed by atoms with Crippen LogP contribution in [0.4, 0.5) is 0 Å². The number of pyridine rings is 1. The second-order valence-electron chi connectivity index (χ2n) is 7.44. The third-order valence-corrected chi connectivity index (χ3v) is 4.19. The zero-order valence-corrected chi connectivity index (χ0v) is 15.3. The minimum atomic E-state index is -0.0118. The number of nitrogens with zero attached hydrogens (tertiary/aromatic N) is 3. The van der Waals surface area contributed by atoms with Crippen LogP contribution >= 0.6 is 0 Å². The molecule has 2 aromatic heterocycles. The predicted molar refractivity (Wildman–Crippen MR) is 98.2 cm³/mol. The lowest BCUT2D eigenvalue weighted by molar-refractivity contribution is 0.412. The summed E-state index contributed by atoms with van der Waals surface area (Å²) < 4.78 is 7.44. The summed E-state index contributed by atoms with van der Waals surface area (Å²) in [6, 6.07) is 12.2.